The number of hydrogen-bond donors (Lipinski definition) is 0. The molecule has 4 nitrogen and oxygen atoms in total. The molecule has 1 aromatic heterocycles. The number of rotatable bonds is 2. The highest BCUT2D eigenvalue weighted by Gasteiger charge is 2.36. The lowest BCUT2D eigenvalue weighted by Gasteiger charge is -2.36. The van der Waals surface area contributed by atoms with Crippen molar-refractivity contribution in [1.82, 2.24) is 9.29 Å². The molecule has 28 heavy (non-hydrogen) atoms. The lowest BCUT2D eigenvalue weighted by atomic mass is 9.76. The molecule has 0 saturated carbocycles. The SMILES string of the molecule is Cc1cc(Br)c2c(c1)CCc1cc(Br)cnc1C2C1CCN(S(C)(=O)=O)CC1. The van der Waals surface area contributed by atoms with Crippen molar-refractivity contribution < 1.29 is 8.42 Å². The molecule has 0 amide bonds. The smallest absolute Gasteiger partial charge is 0.211 e. The number of benzene rings is 1. The Morgan fingerprint density at radius 3 is 2.43 bits per heavy atom. The highest BCUT2D eigenvalue weighted by molar-refractivity contribution is 9.10. The molecule has 0 bridgehead atoms. The van der Waals surface area contributed by atoms with Crippen molar-refractivity contribution in [2.24, 2.45) is 5.92 Å². The van der Waals surface area contributed by atoms with E-state index in [2.05, 4.69) is 57.0 Å². The van der Waals surface area contributed by atoms with Crippen molar-refractivity contribution in [2.75, 3.05) is 19.3 Å². The molecule has 0 N–H and O–H groups in total. The largest absolute Gasteiger partial charge is 0.259 e. The van der Waals surface area contributed by atoms with Gasteiger partial charge in [-0.15, -0.1) is 0 Å². The standard InChI is InChI=1S/C21H24Br2N2O2S/c1-13-9-15-3-4-16-11-17(22)12-24-21(16)20(19(15)18(23)10-13)14-5-7-25(8-6-14)28(2,26)27/h9-12,14,20H,3-8H2,1-2H3. The Morgan fingerprint density at radius 1 is 1.07 bits per heavy atom. The van der Waals surface area contributed by atoms with Gasteiger partial charge in [-0.1, -0.05) is 22.0 Å². The molecule has 1 atom stereocenters. The van der Waals surface area contributed by atoms with Gasteiger partial charge in [0, 0.05) is 34.1 Å². The summed E-state index contributed by atoms with van der Waals surface area (Å²) < 4.78 is 27.7. The lowest BCUT2D eigenvalue weighted by molar-refractivity contribution is 0.255. The van der Waals surface area contributed by atoms with Gasteiger partial charge >= 0.3 is 0 Å². The van der Waals surface area contributed by atoms with Crippen LogP contribution in [0.1, 0.15) is 46.7 Å². The zero-order valence-electron chi connectivity index (χ0n) is 16.1. The van der Waals surface area contributed by atoms with Crippen LogP contribution in [0.3, 0.4) is 0 Å². The van der Waals surface area contributed by atoms with Crippen molar-refractivity contribution in [3.8, 4) is 0 Å². The van der Waals surface area contributed by atoms with Crippen LogP contribution in [0.25, 0.3) is 0 Å². The predicted octanol–water partition coefficient (Wildman–Crippen LogP) is 4.82. The maximum Gasteiger partial charge on any atom is 0.211 e. The van der Waals surface area contributed by atoms with Crippen LogP contribution in [0.15, 0.2) is 33.3 Å². The van der Waals surface area contributed by atoms with Gasteiger partial charge in [0.1, 0.15) is 0 Å². The fraction of sp³-hybridized carbons (Fsp3) is 0.476. The van der Waals surface area contributed by atoms with Crippen LogP contribution in [0, 0.1) is 12.8 Å². The maximum absolute atomic E-state index is 12.0. The number of halogens is 2. The summed E-state index contributed by atoms with van der Waals surface area (Å²) in [4.78, 5) is 4.87. The summed E-state index contributed by atoms with van der Waals surface area (Å²) in [6.07, 6.45) is 6.89. The van der Waals surface area contributed by atoms with Crippen molar-refractivity contribution in [3.63, 3.8) is 0 Å². The molecule has 0 spiro atoms. The number of hydrogen-bond acceptors (Lipinski definition) is 3. The van der Waals surface area contributed by atoms with Gasteiger partial charge in [-0.2, -0.15) is 0 Å². The molecule has 2 heterocycles. The third-order valence-electron chi connectivity index (χ3n) is 6.04. The fourth-order valence-corrected chi connectivity index (χ4v) is 6.87. The van der Waals surface area contributed by atoms with Gasteiger partial charge in [0.15, 0.2) is 0 Å². The van der Waals surface area contributed by atoms with Gasteiger partial charge in [-0.3, -0.25) is 4.98 Å². The molecule has 150 valence electrons. The number of fused-ring (bicyclic) bond motifs is 2. The first-order chi connectivity index (χ1) is 13.2. The van der Waals surface area contributed by atoms with Crippen LogP contribution < -0.4 is 0 Å². The Hall–Kier alpha value is -0.760. The first-order valence-corrected chi connectivity index (χ1v) is 13.1. The molecule has 7 heteroatoms. The number of piperidine rings is 1. The zero-order valence-corrected chi connectivity index (χ0v) is 20.1. The van der Waals surface area contributed by atoms with E-state index in [1.165, 1.54) is 28.5 Å². The van der Waals surface area contributed by atoms with Gasteiger partial charge in [-0.25, -0.2) is 12.7 Å². The van der Waals surface area contributed by atoms with Gasteiger partial charge < -0.3 is 0 Å². The molecule has 1 saturated heterocycles. The number of nitrogens with zero attached hydrogens (tertiary/aromatic N) is 2. The number of aryl methyl sites for hydroxylation is 3. The Balaban J connectivity index is 1.79. The van der Waals surface area contributed by atoms with E-state index in [0.29, 0.717) is 19.0 Å². The molecule has 1 unspecified atom stereocenters. The second-order valence-electron chi connectivity index (χ2n) is 7.99. The maximum atomic E-state index is 12.0. The van der Waals surface area contributed by atoms with Crippen LogP contribution in [0.5, 0.6) is 0 Å². The second kappa shape index (κ2) is 7.82. The monoisotopic (exact) mass is 526 g/mol. The minimum absolute atomic E-state index is 0.192. The molecule has 2 aromatic rings. The van der Waals surface area contributed by atoms with E-state index in [1.807, 2.05) is 6.20 Å². The quantitative estimate of drug-likeness (QED) is 0.562. The van der Waals surface area contributed by atoms with Gasteiger partial charge in [0.05, 0.1) is 11.9 Å². The molecule has 1 aliphatic heterocycles. The molecule has 0 radical (unpaired) electrons. The topological polar surface area (TPSA) is 50.3 Å². The summed E-state index contributed by atoms with van der Waals surface area (Å²) >= 11 is 7.42. The van der Waals surface area contributed by atoms with E-state index < -0.39 is 10.0 Å². The zero-order chi connectivity index (χ0) is 20.1. The summed E-state index contributed by atoms with van der Waals surface area (Å²) in [6.45, 7) is 3.31. The van der Waals surface area contributed by atoms with Crippen molar-refractivity contribution >= 4 is 41.9 Å². The van der Waals surface area contributed by atoms with Gasteiger partial charge in [-0.05, 0) is 88.8 Å². The minimum atomic E-state index is -3.13. The average molecular weight is 528 g/mol. The third kappa shape index (κ3) is 3.95. The number of pyridine rings is 1. The lowest BCUT2D eigenvalue weighted by Crippen LogP contribution is -2.39. The molecule has 4 rings (SSSR count). The predicted molar refractivity (Wildman–Crippen MR) is 119 cm³/mol. The van der Waals surface area contributed by atoms with Gasteiger partial charge in [0.25, 0.3) is 0 Å². The Morgan fingerprint density at radius 2 is 1.75 bits per heavy atom. The van der Waals surface area contributed by atoms with E-state index >= 15 is 0 Å². The van der Waals surface area contributed by atoms with Crippen molar-refractivity contribution in [3.05, 3.63) is 61.3 Å². The summed E-state index contributed by atoms with van der Waals surface area (Å²) in [5.74, 6) is 0.568. The van der Waals surface area contributed by atoms with Gasteiger partial charge in [0.2, 0.25) is 10.0 Å². The number of sulfonamides is 1. The van der Waals surface area contributed by atoms with E-state index in [-0.39, 0.29) is 5.92 Å². The molecule has 1 aliphatic carbocycles. The summed E-state index contributed by atoms with van der Waals surface area (Å²) in [6, 6.07) is 6.70. The van der Waals surface area contributed by atoms with Crippen molar-refractivity contribution in [2.45, 2.75) is 38.5 Å². The molecular weight excluding hydrogens is 504 g/mol. The average Bonchev–Trinajstić information content (AvgIpc) is 2.78. The fourth-order valence-electron chi connectivity index (χ4n) is 4.76. The molecular formula is C21H24Br2N2O2S. The normalized spacial score (nSPS) is 21.1. The first-order valence-electron chi connectivity index (χ1n) is 9.62. The van der Waals surface area contributed by atoms with E-state index in [0.717, 1.165) is 40.3 Å². The van der Waals surface area contributed by atoms with Crippen molar-refractivity contribution in [1.29, 1.82) is 0 Å². The van der Waals surface area contributed by atoms with E-state index in [1.54, 1.807) is 4.31 Å². The van der Waals surface area contributed by atoms with E-state index in [9.17, 15) is 8.42 Å². The Bertz CT molecular complexity index is 1020. The van der Waals surface area contributed by atoms with Crippen LogP contribution in [0.4, 0.5) is 0 Å². The summed E-state index contributed by atoms with van der Waals surface area (Å²) in [7, 11) is -3.13. The third-order valence-corrected chi connectivity index (χ3v) is 8.43. The Kier molecular flexibility index (Phi) is 5.73. The summed E-state index contributed by atoms with van der Waals surface area (Å²) in [5.41, 5.74) is 6.44. The molecule has 1 aromatic carbocycles. The number of aromatic nitrogens is 1. The van der Waals surface area contributed by atoms with E-state index in [4.69, 9.17) is 4.98 Å². The Labute approximate surface area is 184 Å². The van der Waals surface area contributed by atoms with Crippen LogP contribution in [-0.4, -0.2) is 37.1 Å². The van der Waals surface area contributed by atoms with Crippen LogP contribution >= 0.6 is 31.9 Å². The van der Waals surface area contributed by atoms with Crippen LogP contribution in [0.2, 0.25) is 0 Å². The highest BCUT2D eigenvalue weighted by Crippen LogP contribution is 2.45. The summed E-state index contributed by atoms with van der Waals surface area (Å²) in [5, 5.41) is 0. The second-order valence-corrected chi connectivity index (χ2v) is 11.7. The molecule has 2 aliphatic rings. The van der Waals surface area contributed by atoms with Crippen LogP contribution in [-0.2, 0) is 22.9 Å². The molecule has 1 fully saturated rings. The first kappa shape index (κ1) is 20.5. The minimum Gasteiger partial charge on any atom is -0.259 e. The highest BCUT2D eigenvalue weighted by atomic mass is 79.9.